The molecule has 4 heteroatoms. The molecule has 0 spiro atoms. The van der Waals surface area contributed by atoms with Gasteiger partial charge in [-0.3, -0.25) is 0 Å². The molecule has 1 saturated heterocycles. The zero-order valence-corrected chi connectivity index (χ0v) is 13.7. The van der Waals surface area contributed by atoms with Crippen LogP contribution in [0.4, 0.5) is 10.2 Å². The van der Waals surface area contributed by atoms with Crippen LogP contribution in [0.5, 0.6) is 0 Å². The third kappa shape index (κ3) is 4.16. The van der Waals surface area contributed by atoms with Crippen molar-refractivity contribution in [2.75, 3.05) is 24.5 Å². The van der Waals surface area contributed by atoms with E-state index in [-0.39, 0.29) is 5.82 Å². The second-order valence-corrected chi connectivity index (χ2v) is 6.87. The molecule has 0 bridgehead atoms. The van der Waals surface area contributed by atoms with Gasteiger partial charge in [0, 0.05) is 31.4 Å². The van der Waals surface area contributed by atoms with Crippen LogP contribution >= 0.6 is 0 Å². The zero-order chi connectivity index (χ0) is 15.4. The van der Waals surface area contributed by atoms with E-state index in [4.69, 9.17) is 0 Å². The van der Waals surface area contributed by atoms with Crippen LogP contribution in [0.15, 0.2) is 12.3 Å². The van der Waals surface area contributed by atoms with Gasteiger partial charge in [0.15, 0.2) is 11.6 Å². The van der Waals surface area contributed by atoms with E-state index >= 15 is 0 Å². The summed E-state index contributed by atoms with van der Waals surface area (Å²) < 4.78 is 14.6. The lowest BCUT2D eigenvalue weighted by molar-refractivity contribution is 0.422. The normalized spacial score (nSPS) is 19.0. The van der Waals surface area contributed by atoms with Crippen molar-refractivity contribution in [1.29, 1.82) is 0 Å². The van der Waals surface area contributed by atoms with E-state index in [1.165, 1.54) is 0 Å². The van der Waals surface area contributed by atoms with E-state index in [0.717, 1.165) is 26.1 Å². The fourth-order valence-electron chi connectivity index (χ4n) is 2.85. The third-order valence-electron chi connectivity index (χ3n) is 4.29. The molecule has 1 aliphatic rings. The van der Waals surface area contributed by atoms with Gasteiger partial charge in [0.05, 0.1) is 0 Å². The second-order valence-electron chi connectivity index (χ2n) is 6.87. The molecular weight excluding hydrogens is 265 g/mol. The molecule has 1 N–H and O–H groups in total. The van der Waals surface area contributed by atoms with E-state index in [2.05, 4.69) is 42.9 Å². The van der Waals surface area contributed by atoms with Crippen molar-refractivity contribution in [3.63, 3.8) is 0 Å². The maximum absolute atomic E-state index is 14.6. The van der Waals surface area contributed by atoms with Crippen LogP contribution in [-0.4, -0.2) is 24.6 Å². The Labute approximate surface area is 127 Å². The molecule has 1 aromatic heterocycles. The Kier molecular flexibility index (Phi) is 5.57. The minimum atomic E-state index is -0.154. The average Bonchev–Trinajstić information content (AvgIpc) is 2.90. The summed E-state index contributed by atoms with van der Waals surface area (Å²) in [5.41, 5.74) is 0.716. The minimum Gasteiger partial charge on any atom is -0.354 e. The van der Waals surface area contributed by atoms with Crippen LogP contribution in [0.3, 0.4) is 0 Å². The monoisotopic (exact) mass is 293 g/mol. The molecule has 1 aromatic rings. The Morgan fingerprint density at radius 3 is 2.76 bits per heavy atom. The standard InChI is InChI=1S/C17H28FN3/c1-12(2)9-19-10-14-5-7-20-17(16(14)18)21-8-6-15(11-21)13(3)4/h5,7,12-13,15,19H,6,8-11H2,1-4H3. The number of aromatic nitrogens is 1. The van der Waals surface area contributed by atoms with Crippen molar-refractivity contribution in [1.82, 2.24) is 10.3 Å². The van der Waals surface area contributed by atoms with Crippen LogP contribution in [0.2, 0.25) is 0 Å². The van der Waals surface area contributed by atoms with E-state index in [9.17, 15) is 4.39 Å². The van der Waals surface area contributed by atoms with Crippen LogP contribution in [-0.2, 0) is 6.54 Å². The Morgan fingerprint density at radius 1 is 1.38 bits per heavy atom. The smallest absolute Gasteiger partial charge is 0.170 e. The van der Waals surface area contributed by atoms with E-state index < -0.39 is 0 Å². The van der Waals surface area contributed by atoms with Gasteiger partial charge in [-0.1, -0.05) is 27.7 Å². The van der Waals surface area contributed by atoms with Gasteiger partial charge >= 0.3 is 0 Å². The van der Waals surface area contributed by atoms with Crippen molar-refractivity contribution >= 4 is 5.82 Å². The Morgan fingerprint density at radius 2 is 2.14 bits per heavy atom. The Bertz CT molecular complexity index is 459. The number of hydrogen-bond donors (Lipinski definition) is 1. The molecule has 0 aliphatic carbocycles. The molecule has 1 fully saturated rings. The van der Waals surface area contributed by atoms with E-state index in [1.807, 2.05) is 0 Å². The van der Waals surface area contributed by atoms with Crippen molar-refractivity contribution < 1.29 is 4.39 Å². The Balaban J connectivity index is 2.04. The fourth-order valence-corrected chi connectivity index (χ4v) is 2.85. The molecule has 2 rings (SSSR count). The number of hydrogen-bond acceptors (Lipinski definition) is 3. The molecule has 0 radical (unpaired) electrons. The predicted octanol–water partition coefficient (Wildman–Crippen LogP) is 3.45. The third-order valence-corrected chi connectivity index (χ3v) is 4.29. The fraction of sp³-hybridized carbons (Fsp3) is 0.706. The molecule has 2 heterocycles. The lowest BCUT2D eigenvalue weighted by Crippen LogP contribution is -2.25. The molecule has 1 unspecified atom stereocenters. The number of anilines is 1. The highest BCUT2D eigenvalue weighted by atomic mass is 19.1. The number of nitrogens with one attached hydrogen (secondary N) is 1. The molecule has 1 aliphatic heterocycles. The quantitative estimate of drug-likeness (QED) is 0.871. The van der Waals surface area contributed by atoms with Gasteiger partial charge in [0.1, 0.15) is 0 Å². The highest BCUT2D eigenvalue weighted by Gasteiger charge is 2.27. The largest absolute Gasteiger partial charge is 0.354 e. The summed E-state index contributed by atoms with van der Waals surface area (Å²) in [7, 11) is 0. The van der Waals surface area contributed by atoms with Crippen LogP contribution in [0.25, 0.3) is 0 Å². The maximum Gasteiger partial charge on any atom is 0.170 e. The molecule has 118 valence electrons. The van der Waals surface area contributed by atoms with Crippen molar-refractivity contribution in [3.8, 4) is 0 Å². The first-order valence-corrected chi connectivity index (χ1v) is 8.08. The summed E-state index contributed by atoms with van der Waals surface area (Å²) in [6.07, 6.45) is 2.86. The number of nitrogens with zero attached hydrogens (tertiary/aromatic N) is 2. The van der Waals surface area contributed by atoms with E-state index in [1.54, 1.807) is 12.3 Å². The number of pyridine rings is 1. The highest BCUT2D eigenvalue weighted by Crippen LogP contribution is 2.29. The van der Waals surface area contributed by atoms with Crippen molar-refractivity contribution in [2.24, 2.45) is 17.8 Å². The maximum atomic E-state index is 14.6. The first-order valence-electron chi connectivity index (χ1n) is 8.08. The number of rotatable bonds is 6. The summed E-state index contributed by atoms with van der Waals surface area (Å²) in [6, 6.07) is 1.78. The van der Waals surface area contributed by atoms with Gasteiger partial charge < -0.3 is 10.2 Å². The first-order chi connectivity index (χ1) is 9.99. The van der Waals surface area contributed by atoms with Crippen LogP contribution < -0.4 is 10.2 Å². The zero-order valence-electron chi connectivity index (χ0n) is 13.7. The summed E-state index contributed by atoms with van der Waals surface area (Å²) in [6.45, 7) is 12.1. The highest BCUT2D eigenvalue weighted by molar-refractivity contribution is 5.44. The minimum absolute atomic E-state index is 0.154. The summed E-state index contributed by atoms with van der Waals surface area (Å²) in [5, 5.41) is 3.30. The van der Waals surface area contributed by atoms with Crippen molar-refractivity contribution in [3.05, 3.63) is 23.6 Å². The topological polar surface area (TPSA) is 28.2 Å². The van der Waals surface area contributed by atoms with Crippen LogP contribution in [0, 0.1) is 23.6 Å². The molecule has 1 atom stereocenters. The SMILES string of the molecule is CC(C)CNCc1ccnc(N2CCC(C(C)C)C2)c1F. The summed E-state index contributed by atoms with van der Waals surface area (Å²) >= 11 is 0. The number of halogens is 1. The van der Waals surface area contributed by atoms with Gasteiger partial charge in [0.2, 0.25) is 0 Å². The lowest BCUT2D eigenvalue weighted by atomic mass is 9.95. The van der Waals surface area contributed by atoms with Gasteiger partial charge in [-0.15, -0.1) is 0 Å². The second kappa shape index (κ2) is 7.21. The molecule has 0 aromatic carbocycles. The lowest BCUT2D eigenvalue weighted by Gasteiger charge is -2.20. The van der Waals surface area contributed by atoms with Gasteiger partial charge in [0.25, 0.3) is 0 Å². The van der Waals surface area contributed by atoms with Gasteiger partial charge in [-0.25, -0.2) is 9.37 Å². The van der Waals surface area contributed by atoms with Crippen molar-refractivity contribution in [2.45, 2.75) is 40.7 Å². The average molecular weight is 293 g/mol. The van der Waals surface area contributed by atoms with Gasteiger partial charge in [-0.05, 0) is 36.8 Å². The Hall–Kier alpha value is -1.16. The van der Waals surface area contributed by atoms with Crippen LogP contribution in [0.1, 0.15) is 39.7 Å². The molecule has 0 saturated carbocycles. The predicted molar refractivity (Wildman–Crippen MR) is 85.9 cm³/mol. The summed E-state index contributed by atoms with van der Waals surface area (Å²) in [5.74, 6) is 2.24. The van der Waals surface area contributed by atoms with Gasteiger partial charge in [-0.2, -0.15) is 0 Å². The van der Waals surface area contributed by atoms with E-state index in [0.29, 0.717) is 35.7 Å². The molecule has 0 amide bonds. The first kappa shape index (κ1) is 16.2. The molecule has 21 heavy (non-hydrogen) atoms. The summed E-state index contributed by atoms with van der Waals surface area (Å²) in [4.78, 5) is 6.38. The molecule has 3 nitrogen and oxygen atoms in total. The molecular formula is C17H28FN3.